The monoisotopic (exact) mass is 608 g/mol. The van der Waals surface area contributed by atoms with E-state index >= 15 is 0 Å². The number of rotatable bonds is 14. The van der Waals surface area contributed by atoms with Gasteiger partial charge in [0.2, 0.25) is 0 Å². The molecule has 1 unspecified atom stereocenters. The first kappa shape index (κ1) is 35.1. The third kappa shape index (κ3) is 5.91. The van der Waals surface area contributed by atoms with Crippen molar-refractivity contribution in [2.24, 2.45) is 0 Å². The molecule has 0 saturated heterocycles. The zero-order chi connectivity index (χ0) is 30.9. The highest BCUT2D eigenvalue weighted by Gasteiger charge is 2.95. The van der Waals surface area contributed by atoms with Gasteiger partial charge < -0.3 is 0 Å². The molecule has 0 aliphatic heterocycles. The molecule has 0 nitrogen and oxygen atoms in total. The minimum atomic E-state index is -8.61. The van der Waals surface area contributed by atoms with E-state index in [1.807, 2.05) is 0 Å². The van der Waals surface area contributed by atoms with Gasteiger partial charge in [0.15, 0.2) is 0 Å². The Hall–Kier alpha value is -1.97. The molecule has 0 aliphatic carbocycles. The number of benzene rings is 1. The molecule has 17 heteroatoms. The van der Waals surface area contributed by atoms with Crippen molar-refractivity contribution < 1.29 is 74.6 Å². The van der Waals surface area contributed by atoms with Gasteiger partial charge in [-0.2, -0.15) is 74.6 Å². The second-order valence-electron chi connectivity index (χ2n) is 8.81. The van der Waals surface area contributed by atoms with Crippen LogP contribution < -0.4 is 0 Å². The van der Waals surface area contributed by atoms with E-state index in [4.69, 9.17) is 0 Å². The van der Waals surface area contributed by atoms with E-state index in [1.165, 1.54) is 18.2 Å². The SMILES string of the molecule is CCCCCCC(CC(F)(F)C(F)(F)C(F)(F)C(F)(F)C(F)(F)C(F)(F)C(F)(F)C(F)(F)F)c1ccccc1. The molecule has 0 aromatic heterocycles. The summed E-state index contributed by atoms with van der Waals surface area (Å²) in [7, 11) is 0. The molecule has 0 saturated carbocycles. The lowest BCUT2D eigenvalue weighted by atomic mass is 9.83. The molecule has 1 rings (SSSR count). The molecule has 39 heavy (non-hydrogen) atoms. The molecule has 1 atom stereocenters. The highest BCUT2D eigenvalue weighted by molar-refractivity contribution is 5.21. The van der Waals surface area contributed by atoms with Crippen LogP contribution in [0.15, 0.2) is 30.3 Å². The van der Waals surface area contributed by atoms with Crippen LogP contribution in [0.3, 0.4) is 0 Å². The summed E-state index contributed by atoms with van der Waals surface area (Å²) < 4.78 is 230. The normalized spacial score (nSPS) is 15.9. The smallest absolute Gasteiger partial charge is 0.200 e. The first-order valence-corrected chi connectivity index (χ1v) is 11.0. The lowest BCUT2D eigenvalue weighted by Gasteiger charge is -2.43. The standard InChI is InChI=1S/C22H21F17/c1-2-3-4-6-11-14(13-9-7-5-8-10-13)12-15(23,24)16(25,26)17(27,28)18(29,30)19(31,32)20(33,34)21(35,36)22(37,38)39/h5,7-10,14H,2-4,6,11-12H2,1H3. The molecule has 0 bridgehead atoms. The Labute approximate surface area is 210 Å². The molecule has 0 N–H and O–H groups in total. The van der Waals surface area contributed by atoms with Gasteiger partial charge in [0.05, 0.1) is 0 Å². The number of alkyl halides is 17. The molecule has 228 valence electrons. The van der Waals surface area contributed by atoms with Crippen molar-refractivity contribution in [3.63, 3.8) is 0 Å². The van der Waals surface area contributed by atoms with E-state index in [9.17, 15) is 74.6 Å². The maximum Gasteiger partial charge on any atom is 0.460 e. The fourth-order valence-electron chi connectivity index (χ4n) is 3.56. The highest BCUT2D eigenvalue weighted by atomic mass is 19.4. The minimum absolute atomic E-state index is 0.0123. The zero-order valence-corrected chi connectivity index (χ0v) is 19.6. The Morgan fingerprint density at radius 1 is 0.513 bits per heavy atom. The van der Waals surface area contributed by atoms with Crippen LogP contribution in [-0.2, 0) is 0 Å². The Morgan fingerprint density at radius 3 is 1.33 bits per heavy atom. The van der Waals surface area contributed by atoms with E-state index in [0.29, 0.717) is 19.3 Å². The highest BCUT2D eigenvalue weighted by Crippen LogP contribution is 2.64. The molecule has 1 aromatic carbocycles. The molecule has 0 heterocycles. The van der Waals surface area contributed by atoms with Gasteiger partial charge in [0, 0.05) is 6.42 Å². The Bertz CT molecular complexity index is 918. The third-order valence-corrected chi connectivity index (χ3v) is 5.97. The lowest BCUT2D eigenvalue weighted by molar-refractivity contribution is -0.462. The van der Waals surface area contributed by atoms with Crippen LogP contribution in [0.2, 0.25) is 0 Å². The molecular formula is C22H21F17. The van der Waals surface area contributed by atoms with Gasteiger partial charge in [0.1, 0.15) is 0 Å². The van der Waals surface area contributed by atoms with Crippen molar-refractivity contribution in [1.82, 2.24) is 0 Å². The summed E-state index contributed by atoms with van der Waals surface area (Å²) in [4.78, 5) is 0. The average molecular weight is 608 g/mol. The number of halogens is 17. The molecule has 0 aliphatic rings. The van der Waals surface area contributed by atoms with Gasteiger partial charge >= 0.3 is 47.6 Å². The number of unbranched alkanes of at least 4 members (excludes halogenated alkanes) is 3. The van der Waals surface area contributed by atoms with Gasteiger partial charge in [-0.3, -0.25) is 0 Å². The van der Waals surface area contributed by atoms with Gasteiger partial charge in [-0.25, -0.2) is 0 Å². The van der Waals surface area contributed by atoms with Gasteiger partial charge in [-0.15, -0.1) is 0 Å². The van der Waals surface area contributed by atoms with Crippen molar-refractivity contribution in [3.05, 3.63) is 35.9 Å². The van der Waals surface area contributed by atoms with Crippen LogP contribution in [0.4, 0.5) is 74.6 Å². The summed E-state index contributed by atoms with van der Waals surface area (Å²) in [5, 5.41) is 0. The summed E-state index contributed by atoms with van der Waals surface area (Å²) in [5.74, 6) is -57.9. The molecule has 0 spiro atoms. The Balaban J connectivity index is 3.53. The van der Waals surface area contributed by atoms with E-state index in [-0.39, 0.29) is 12.0 Å². The topological polar surface area (TPSA) is 0 Å². The van der Waals surface area contributed by atoms with Crippen LogP contribution in [0.1, 0.15) is 56.9 Å². The third-order valence-electron chi connectivity index (χ3n) is 5.97. The van der Waals surface area contributed by atoms with Crippen molar-refractivity contribution in [2.75, 3.05) is 0 Å². The quantitative estimate of drug-likeness (QED) is 0.146. The maximum absolute atomic E-state index is 14.5. The van der Waals surface area contributed by atoms with E-state index < -0.39 is 66.4 Å². The molecule has 0 fully saturated rings. The van der Waals surface area contributed by atoms with Crippen LogP contribution in [-0.4, -0.2) is 47.6 Å². The summed E-state index contributed by atoms with van der Waals surface area (Å²) >= 11 is 0. The average Bonchev–Trinajstić information content (AvgIpc) is 2.80. The summed E-state index contributed by atoms with van der Waals surface area (Å²) in [6, 6.07) is 5.81. The zero-order valence-electron chi connectivity index (χ0n) is 19.6. The molecular weight excluding hydrogens is 587 g/mol. The second kappa shape index (κ2) is 11.1. The van der Waals surface area contributed by atoms with Gasteiger partial charge in [0.25, 0.3) is 0 Å². The second-order valence-corrected chi connectivity index (χ2v) is 8.81. The number of hydrogen-bond acceptors (Lipinski definition) is 0. The fourth-order valence-corrected chi connectivity index (χ4v) is 3.56. The van der Waals surface area contributed by atoms with Gasteiger partial charge in [-0.05, 0) is 17.9 Å². The molecule has 0 radical (unpaired) electrons. The van der Waals surface area contributed by atoms with E-state index in [2.05, 4.69) is 0 Å². The fraction of sp³-hybridized carbons (Fsp3) is 0.727. The van der Waals surface area contributed by atoms with Crippen LogP contribution in [0, 0.1) is 0 Å². The minimum Gasteiger partial charge on any atom is -0.200 e. The van der Waals surface area contributed by atoms with Crippen LogP contribution in [0.5, 0.6) is 0 Å². The predicted octanol–water partition coefficient (Wildman–Crippen LogP) is 10.1. The lowest BCUT2D eigenvalue weighted by Crippen LogP contribution is -2.74. The molecule has 1 aromatic rings. The van der Waals surface area contributed by atoms with Crippen molar-refractivity contribution in [3.8, 4) is 0 Å². The van der Waals surface area contributed by atoms with E-state index in [1.54, 1.807) is 6.92 Å². The predicted molar refractivity (Wildman–Crippen MR) is 103 cm³/mol. The largest absolute Gasteiger partial charge is 0.460 e. The summed E-state index contributed by atoms with van der Waals surface area (Å²) in [5.41, 5.74) is -0.207. The van der Waals surface area contributed by atoms with Crippen molar-refractivity contribution >= 4 is 0 Å². The maximum atomic E-state index is 14.5. The number of hydrogen-bond donors (Lipinski definition) is 0. The first-order valence-electron chi connectivity index (χ1n) is 11.0. The van der Waals surface area contributed by atoms with E-state index in [0.717, 1.165) is 12.1 Å². The van der Waals surface area contributed by atoms with Crippen LogP contribution in [0.25, 0.3) is 0 Å². The van der Waals surface area contributed by atoms with Crippen molar-refractivity contribution in [1.29, 1.82) is 0 Å². The Kier molecular flexibility index (Phi) is 10.0. The van der Waals surface area contributed by atoms with Gasteiger partial charge in [-0.1, -0.05) is 62.9 Å². The Morgan fingerprint density at radius 2 is 0.923 bits per heavy atom. The van der Waals surface area contributed by atoms with Crippen molar-refractivity contribution in [2.45, 2.75) is 99.0 Å². The molecule has 0 amide bonds. The van der Waals surface area contributed by atoms with Crippen LogP contribution >= 0.6 is 0 Å². The first-order chi connectivity index (χ1) is 17.3. The summed E-state index contributed by atoms with van der Waals surface area (Å²) in [6.45, 7) is 1.72. The summed E-state index contributed by atoms with van der Waals surface area (Å²) in [6.07, 6.45) is -9.21.